The third-order valence-corrected chi connectivity index (χ3v) is 4.78. The van der Waals surface area contributed by atoms with Gasteiger partial charge < -0.3 is 19.1 Å². The third-order valence-electron chi connectivity index (χ3n) is 4.78. The maximum atomic E-state index is 12.9. The summed E-state index contributed by atoms with van der Waals surface area (Å²) in [4.78, 5) is 33.2. The van der Waals surface area contributed by atoms with E-state index in [1.54, 1.807) is 27.7 Å². The minimum Gasteiger partial charge on any atom is -0.383 e. The molecule has 7 nitrogen and oxygen atoms in total. The van der Waals surface area contributed by atoms with Crippen LogP contribution in [-0.2, 0) is 17.7 Å². The van der Waals surface area contributed by atoms with E-state index in [2.05, 4.69) is 4.98 Å². The monoisotopic (exact) mass is 340 g/mol. The van der Waals surface area contributed by atoms with Crippen molar-refractivity contribution in [1.29, 1.82) is 0 Å². The highest BCUT2D eigenvalue weighted by molar-refractivity contribution is 6.06. The first kappa shape index (κ1) is 15.8. The second-order valence-corrected chi connectivity index (χ2v) is 6.26. The number of ether oxygens (including phenoxy) is 1. The molecule has 0 saturated carbocycles. The summed E-state index contributed by atoms with van der Waals surface area (Å²) < 4.78 is 6.82. The molecule has 0 saturated heterocycles. The van der Waals surface area contributed by atoms with Crippen molar-refractivity contribution < 1.29 is 14.3 Å². The Morgan fingerprint density at radius 1 is 1.24 bits per heavy atom. The summed E-state index contributed by atoms with van der Waals surface area (Å²) in [5.41, 5.74) is 2.43. The fourth-order valence-corrected chi connectivity index (χ4v) is 3.43. The van der Waals surface area contributed by atoms with Gasteiger partial charge in [-0.3, -0.25) is 9.59 Å². The number of nitrogens with zero attached hydrogens (tertiary/aromatic N) is 4. The number of methoxy groups -OCH3 is 1. The molecule has 2 aliphatic heterocycles. The van der Waals surface area contributed by atoms with Crippen LogP contribution in [0.4, 0.5) is 5.69 Å². The maximum absolute atomic E-state index is 12.9. The largest absolute Gasteiger partial charge is 0.383 e. The van der Waals surface area contributed by atoms with Crippen molar-refractivity contribution in [3.63, 3.8) is 0 Å². The molecule has 0 unspecified atom stereocenters. The standard InChI is InChI=1S/C18H20N4O3/c1-25-11-10-20-8-9-21-12-14(19-16(21)18(20)24)17(23)22-7-6-13-4-2-3-5-15(13)22/h2-5,12H,6-11H2,1H3. The van der Waals surface area contributed by atoms with E-state index >= 15 is 0 Å². The Balaban J connectivity index is 1.58. The van der Waals surface area contributed by atoms with Crippen molar-refractivity contribution in [3.05, 3.63) is 47.5 Å². The van der Waals surface area contributed by atoms with Crippen molar-refractivity contribution in [2.75, 3.05) is 38.3 Å². The molecule has 0 radical (unpaired) electrons. The molecule has 1 aromatic heterocycles. The van der Waals surface area contributed by atoms with Gasteiger partial charge in [-0.25, -0.2) is 4.98 Å². The summed E-state index contributed by atoms with van der Waals surface area (Å²) in [6.45, 7) is 2.91. The lowest BCUT2D eigenvalue weighted by molar-refractivity contribution is 0.0633. The summed E-state index contributed by atoms with van der Waals surface area (Å²) in [6.07, 6.45) is 2.55. The minimum atomic E-state index is -0.150. The van der Waals surface area contributed by atoms with Gasteiger partial charge in [0.25, 0.3) is 11.8 Å². The van der Waals surface area contributed by atoms with Gasteiger partial charge in [0.15, 0.2) is 5.82 Å². The molecule has 2 amide bonds. The molecule has 0 spiro atoms. The van der Waals surface area contributed by atoms with Gasteiger partial charge in [-0.2, -0.15) is 0 Å². The average Bonchev–Trinajstić information content (AvgIpc) is 3.25. The number of hydrogen-bond acceptors (Lipinski definition) is 4. The van der Waals surface area contributed by atoms with Crippen LogP contribution in [0.2, 0.25) is 0 Å². The summed E-state index contributed by atoms with van der Waals surface area (Å²) in [5.74, 6) is 0.0328. The maximum Gasteiger partial charge on any atom is 0.290 e. The van der Waals surface area contributed by atoms with Crippen molar-refractivity contribution >= 4 is 17.5 Å². The van der Waals surface area contributed by atoms with E-state index in [-0.39, 0.29) is 11.8 Å². The van der Waals surface area contributed by atoms with Crippen LogP contribution >= 0.6 is 0 Å². The number of aromatic nitrogens is 2. The van der Waals surface area contributed by atoms with Crippen LogP contribution in [0.5, 0.6) is 0 Å². The van der Waals surface area contributed by atoms with E-state index in [1.165, 1.54) is 5.56 Å². The first-order chi connectivity index (χ1) is 12.2. The first-order valence-electron chi connectivity index (χ1n) is 8.44. The molecule has 3 heterocycles. The number of benzene rings is 1. The molecule has 1 aromatic carbocycles. The van der Waals surface area contributed by atoms with Gasteiger partial charge in [0, 0.05) is 45.2 Å². The molecule has 2 aliphatic rings. The Bertz CT molecular complexity index is 829. The number of fused-ring (bicyclic) bond motifs is 2. The molecule has 25 heavy (non-hydrogen) atoms. The predicted molar refractivity (Wildman–Crippen MR) is 91.8 cm³/mol. The van der Waals surface area contributed by atoms with Crippen molar-refractivity contribution in [2.45, 2.75) is 13.0 Å². The van der Waals surface area contributed by atoms with Gasteiger partial charge in [0.2, 0.25) is 0 Å². The fraction of sp³-hybridized carbons (Fsp3) is 0.389. The van der Waals surface area contributed by atoms with Crippen LogP contribution < -0.4 is 4.90 Å². The fourth-order valence-electron chi connectivity index (χ4n) is 3.43. The van der Waals surface area contributed by atoms with Gasteiger partial charge in [-0.15, -0.1) is 0 Å². The highest BCUT2D eigenvalue weighted by Crippen LogP contribution is 2.29. The Morgan fingerprint density at radius 2 is 2.08 bits per heavy atom. The lowest BCUT2D eigenvalue weighted by Crippen LogP contribution is -2.42. The number of carbonyl (C=O) groups is 2. The molecule has 2 aromatic rings. The molecule has 0 N–H and O–H groups in total. The van der Waals surface area contributed by atoms with Crippen LogP contribution in [-0.4, -0.2) is 59.6 Å². The summed E-state index contributed by atoms with van der Waals surface area (Å²) in [7, 11) is 1.61. The molecular weight excluding hydrogens is 320 g/mol. The summed E-state index contributed by atoms with van der Waals surface area (Å²) in [5, 5.41) is 0. The van der Waals surface area contributed by atoms with Gasteiger partial charge in [-0.05, 0) is 18.1 Å². The minimum absolute atomic E-state index is 0.149. The SMILES string of the molecule is COCCN1CCn2cc(C(=O)N3CCc4ccccc43)nc2C1=O. The topological polar surface area (TPSA) is 67.7 Å². The molecule has 0 fully saturated rings. The van der Waals surface area contributed by atoms with Crippen molar-refractivity contribution in [3.8, 4) is 0 Å². The van der Waals surface area contributed by atoms with Gasteiger partial charge >= 0.3 is 0 Å². The third kappa shape index (κ3) is 2.70. The molecule has 0 atom stereocenters. The van der Waals surface area contributed by atoms with Crippen LogP contribution in [0.25, 0.3) is 0 Å². The highest BCUT2D eigenvalue weighted by atomic mass is 16.5. The van der Waals surface area contributed by atoms with Crippen molar-refractivity contribution in [2.24, 2.45) is 0 Å². The lowest BCUT2D eigenvalue weighted by atomic mass is 10.2. The van der Waals surface area contributed by atoms with Crippen LogP contribution in [0.1, 0.15) is 26.7 Å². The number of amides is 2. The van der Waals surface area contributed by atoms with Gasteiger partial charge in [-0.1, -0.05) is 18.2 Å². The lowest BCUT2D eigenvalue weighted by Gasteiger charge is -2.26. The second kappa shape index (κ2) is 6.33. The van der Waals surface area contributed by atoms with Crippen LogP contribution in [0, 0.1) is 0 Å². The first-order valence-corrected chi connectivity index (χ1v) is 8.44. The van der Waals surface area contributed by atoms with Crippen LogP contribution in [0.15, 0.2) is 30.5 Å². The molecule has 7 heteroatoms. The van der Waals surface area contributed by atoms with E-state index in [1.807, 2.05) is 24.3 Å². The van der Waals surface area contributed by atoms with Crippen molar-refractivity contribution in [1.82, 2.24) is 14.5 Å². The van der Waals surface area contributed by atoms with E-state index in [9.17, 15) is 9.59 Å². The average molecular weight is 340 g/mol. The zero-order valence-corrected chi connectivity index (χ0v) is 14.1. The predicted octanol–water partition coefficient (Wildman–Crippen LogP) is 1.19. The molecular formula is C18H20N4O3. The number of carbonyl (C=O) groups excluding carboxylic acids is 2. The number of hydrogen-bond donors (Lipinski definition) is 0. The zero-order chi connectivity index (χ0) is 17.4. The Hall–Kier alpha value is -2.67. The van der Waals surface area contributed by atoms with Crippen LogP contribution in [0.3, 0.4) is 0 Å². The normalized spacial score (nSPS) is 16.1. The molecule has 130 valence electrons. The van der Waals surface area contributed by atoms with E-state index < -0.39 is 0 Å². The number of para-hydroxylation sites is 1. The zero-order valence-electron chi connectivity index (χ0n) is 14.1. The number of imidazole rings is 1. The van der Waals surface area contributed by atoms with Gasteiger partial charge in [0.05, 0.1) is 6.61 Å². The second-order valence-electron chi connectivity index (χ2n) is 6.26. The smallest absolute Gasteiger partial charge is 0.290 e. The Kier molecular flexibility index (Phi) is 4.01. The number of rotatable bonds is 4. The van der Waals surface area contributed by atoms with E-state index in [4.69, 9.17) is 4.74 Å². The molecule has 0 bridgehead atoms. The summed E-state index contributed by atoms with van der Waals surface area (Å²) in [6, 6.07) is 7.90. The van der Waals surface area contributed by atoms with Gasteiger partial charge in [0.1, 0.15) is 5.69 Å². The highest BCUT2D eigenvalue weighted by Gasteiger charge is 2.31. The molecule has 0 aliphatic carbocycles. The number of anilines is 1. The quantitative estimate of drug-likeness (QED) is 0.838. The molecule has 4 rings (SSSR count). The van der Waals surface area contributed by atoms with E-state index in [0.717, 1.165) is 12.1 Å². The Morgan fingerprint density at radius 3 is 2.92 bits per heavy atom. The summed E-state index contributed by atoms with van der Waals surface area (Å²) >= 11 is 0. The van der Waals surface area contributed by atoms with E-state index in [0.29, 0.717) is 44.3 Å². The Labute approximate surface area is 145 Å².